The normalized spacial score (nSPS) is 16.5. The predicted octanol–water partition coefficient (Wildman–Crippen LogP) is 1.33. The number of sulfone groups is 1. The van der Waals surface area contributed by atoms with Gasteiger partial charge in [-0.1, -0.05) is 0 Å². The van der Waals surface area contributed by atoms with Gasteiger partial charge in [-0.2, -0.15) is 0 Å². The lowest BCUT2D eigenvalue weighted by atomic mass is 10.3. The molecule has 17 heavy (non-hydrogen) atoms. The summed E-state index contributed by atoms with van der Waals surface area (Å²) in [6, 6.07) is 5.12. The summed E-state index contributed by atoms with van der Waals surface area (Å²) >= 11 is 0. The number of imidazole rings is 1. The van der Waals surface area contributed by atoms with Crippen LogP contribution in [0.3, 0.4) is 0 Å². The Morgan fingerprint density at radius 2 is 2.18 bits per heavy atom. The molecule has 2 aromatic rings. The van der Waals surface area contributed by atoms with E-state index in [1.807, 2.05) is 0 Å². The average Bonchev–Trinajstić information content (AvgIpc) is 2.94. The standard InChI is InChI=1S/C11H13N3O2S/c12-8-3-4-9-10(5-8)14-11(13-9)17(15,16)6-7-1-2-7/h3-5,7H,1-2,6,12H2,(H,13,14). The minimum atomic E-state index is -3.28. The number of aromatic amines is 1. The van der Waals surface area contributed by atoms with E-state index in [1.165, 1.54) is 0 Å². The summed E-state index contributed by atoms with van der Waals surface area (Å²) < 4.78 is 24.0. The topological polar surface area (TPSA) is 88.8 Å². The van der Waals surface area contributed by atoms with E-state index in [-0.39, 0.29) is 10.9 Å². The van der Waals surface area contributed by atoms with Crippen LogP contribution in [0.2, 0.25) is 0 Å². The SMILES string of the molecule is Nc1ccc2nc(S(=O)(=O)CC3CC3)[nH]c2c1. The molecule has 0 bridgehead atoms. The van der Waals surface area contributed by atoms with E-state index in [0.29, 0.717) is 22.6 Å². The van der Waals surface area contributed by atoms with Crippen LogP contribution in [-0.2, 0) is 9.84 Å². The molecule has 1 fully saturated rings. The molecule has 1 aromatic heterocycles. The van der Waals surface area contributed by atoms with Crippen molar-refractivity contribution in [2.75, 3.05) is 11.5 Å². The number of hydrogen-bond donors (Lipinski definition) is 2. The van der Waals surface area contributed by atoms with Gasteiger partial charge in [-0.15, -0.1) is 0 Å². The van der Waals surface area contributed by atoms with E-state index in [4.69, 9.17) is 5.73 Å². The van der Waals surface area contributed by atoms with E-state index in [2.05, 4.69) is 9.97 Å². The number of nitrogens with one attached hydrogen (secondary N) is 1. The molecule has 0 spiro atoms. The number of nitrogens with zero attached hydrogens (tertiary/aromatic N) is 1. The quantitative estimate of drug-likeness (QED) is 0.805. The van der Waals surface area contributed by atoms with Crippen molar-refractivity contribution in [2.24, 2.45) is 5.92 Å². The fourth-order valence-corrected chi connectivity index (χ4v) is 3.44. The highest BCUT2D eigenvalue weighted by Gasteiger charge is 2.30. The highest BCUT2D eigenvalue weighted by Crippen LogP contribution is 2.32. The monoisotopic (exact) mass is 251 g/mol. The fourth-order valence-electron chi connectivity index (χ4n) is 1.82. The van der Waals surface area contributed by atoms with Crippen molar-refractivity contribution in [3.05, 3.63) is 18.2 Å². The molecule has 0 saturated heterocycles. The third kappa shape index (κ3) is 2.00. The molecule has 0 atom stereocenters. The van der Waals surface area contributed by atoms with Gasteiger partial charge < -0.3 is 10.7 Å². The number of benzene rings is 1. The van der Waals surface area contributed by atoms with Crippen LogP contribution in [0.4, 0.5) is 5.69 Å². The predicted molar refractivity (Wildman–Crippen MR) is 65.3 cm³/mol. The smallest absolute Gasteiger partial charge is 0.226 e. The van der Waals surface area contributed by atoms with E-state index < -0.39 is 9.84 Å². The minimum absolute atomic E-state index is 0.0602. The maximum absolute atomic E-state index is 12.0. The minimum Gasteiger partial charge on any atom is -0.399 e. The van der Waals surface area contributed by atoms with E-state index >= 15 is 0 Å². The molecule has 1 heterocycles. The van der Waals surface area contributed by atoms with Crippen LogP contribution in [0.25, 0.3) is 11.0 Å². The van der Waals surface area contributed by atoms with Crippen molar-refractivity contribution in [2.45, 2.75) is 18.0 Å². The van der Waals surface area contributed by atoms with E-state index in [9.17, 15) is 8.42 Å². The first kappa shape index (κ1) is 10.6. The first-order valence-electron chi connectivity index (χ1n) is 5.52. The van der Waals surface area contributed by atoms with Gasteiger partial charge in [0.15, 0.2) is 0 Å². The fraction of sp³-hybridized carbons (Fsp3) is 0.364. The number of nitrogen functional groups attached to an aromatic ring is 1. The van der Waals surface area contributed by atoms with E-state index in [0.717, 1.165) is 12.8 Å². The summed E-state index contributed by atoms with van der Waals surface area (Å²) in [6.45, 7) is 0. The van der Waals surface area contributed by atoms with Crippen molar-refractivity contribution < 1.29 is 8.42 Å². The van der Waals surface area contributed by atoms with E-state index in [1.54, 1.807) is 18.2 Å². The molecule has 1 saturated carbocycles. The Kier molecular flexibility index (Phi) is 2.16. The molecular formula is C11H13N3O2S. The highest BCUT2D eigenvalue weighted by atomic mass is 32.2. The van der Waals surface area contributed by atoms with Crippen molar-refractivity contribution in [1.82, 2.24) is 9.97 Å². The first-order valence-corrected chi connectivity index (χ1v) is 7.18. The van der Waals surface area contributed by atoms with Crippen LogP contribution in [0, 0.1) is 5.92 Å². The Hall–Kier alpha value is -1.56. The van der Waals surface area contributed by atoms with Gasteiger partial charge in [0.1, 0.15) is 0 Å². The second-order valence-electron chi connectivity index (χ2n) is 4.54. The molecule has 90 valence electrons. The third-order valence-corrected chi connectivity index (χ3v) is 4.62. The maximum atomic E-state index is 12.0. The van der Waals surface area contributed by atoms with Gasteiger partial charge in [0.2, 0.25) is 15.0 Å². The zero-order valence-electron chi connectivity index (χ0n) is 9.18. The highest BCUT2D eigenvalue weighted by molar-refractivity contribution is 7.91. The second kappa shape index (κ2) is 3.46. The molecule has 1 aliphatic rings. The van der Waals surface area contributed by atoms with Crippen molar-refractivity contribution in [3.8, 4) is 0 Å². The van der Waals surface area contributed by atoms with Crippen LogP contribution in [0.5, 0.6) is 0 Å². The van der Waals surface area contributed by atoms with Crippen LogP contribution >= 0.6 is 0 Å². The number of anilines is 1. The lowest BCUT2D eigenvalue weighted by molar-refractivity contribution is 0.585. The number of aromatic nitrogens is 2. The van der Waals surface area contributed by atoms with Crippen molar-refractivity contribution >= 4 is 26.6 Å². The zero-order chi connectivity index (χ0) is 12.0. The number of hydrogen-bond acceptors (Lipinski definition) is 4. The molecule has 0 radical (unpaired) electrons. The Bertz CT molecular complexity index is 671. The summed E-state index contributed by atoms with van der Waals surface area (Å²) in [5.41, 5.74) is 7.52. The molecule has 3 N–H and O–H groups in total. The number of rotatable bonds is 3. The largest absolute Gasteiger partial charge is 0.399 e. The number of H-pyrrole nitrogens is 1. The molecule has 6 heteroatoms. The second-order valence-corrected chi connectivity index (χ2v) is 6.49. The molecular weight excluding hydrogens is 238 g/mol. The van der Waals surface area contributed by atoms with Gasteiger partial charge in [0.05, 0.1) is 16.8 Å². The Morgan fingerprint density at radius 1 is 1.41 bits per heavy atom. The van der Waals surface area contributed by atoms with Crippen LogP contribution < -0.4 is 5.73 Å². The molecule has 5 nitrogen and oxygen atoms in total. The Balaban J connectivity index is 2.05. The van der Waals surface area contributed by atoms with Gasteiger partial charge in [0.25, 0.3) is 0 Å². The third-order valence-electron chi connectivity index (χ3n) is 2.93. The lowest BCUT2D eigenvalue weighted by Gasteiger charge is -1.97. The number of nitrogens with two attached hydrogens (primary N) is 1. The first-order chi connectivity index (χ1) is 8.04. The van der Waals surface area contributed by atoms with Gasteiger partial charge in [0, 0.05) is 5.69 Å². The Morgan fingerprint density at radius 3 is 2.88 bits per heavy atom. The lowest BCUT2D eigenvalue weighted by Crippen LogP contribution is -2.09. The molecule has 0 unspecified atom stereocenters. The Labute approximate surface area is 99.0 Å². The van der Waals surface area contributed by atoms with Crippen LogP contribution in [0.15, 0.2) is 23.4 Å². The number of fused-ring (bicyclic) bond motifs is 1. The van der Waals surface area contributed by atoms with Crippen molar-refractivity contribution in [1.29, 1.82) is 0 Å². The summed E-state index contributed by atoms with van der Waals surface area (Å²) in [4.78, 5) is 6.94. The summed E-state index contributed by atoms with van der Waals surface area (Å²) in [6.07, 6.45) is 2.01. The van der Waals surface area contributed by atoms with Gasteiger partial charge in [-0.3, -0.25) is 0 Å². The van der Waals surface area contributed by atoms with Crippen LogP contribution in [-0.4, -0.2) is 24.1 Å². The van der Waals surface area contributed by atoms with Crippen molar-refractivity contribution in [3.63, 3.8) is 0 Å². The summed E-state index contributed by atoms with van der Waals surface area (Å²) in [5.74, 6) is 0.515. The van der Waals surface area contributed by atoms with Crippen LogP contribution in [0.1, 0.15) is 12.8 Å². The molecule has 0 aliphatic heterocycles. The summed E-state index contributed by atoms with van der Waals surface area (Å²) in [7, 11) is -3.28. The average molecular weight is 251 g/mol. The molecule has 1 aromatic carbocycles. The van der Waals surface area contributed by atoms with Gasteiger partial charge in [-0.05, 0) is 37.0 Å². The van der Waals surface area contributed by atoms with Gasteiger partial charge >= 0.3 is 0 Å². The maximum Gasteiger partial charge on any atom is 0.226 e. The summed E-state index contributed by atoms with van der Waals surface area (Å²) in [5, 5.41) is 0.0602. The zero-order valence-corrected chi connectivity index (χ0v) is 10.00. The van der Waals surface area contributed by atoms with Gasteiger partial charge in [-0.25, -0.2) is 13.4 Å². The molecule has 0 amide bonds. The molecule has 1 aliphatic carbocycles. The molecule has 3 rings (SSSR count).